The van der Waals surface area contributed by atoms with Crippen molar-refractivity contribution >= 4 is 35.0 Å². The summed E-state index contributed by atoms with van der Waals surface area (Å²) in [6.07, 6.45) is 3.56. The van der Waals surface area contributed by atoms with Crippen LogP contribution in [0.1, 0.15) is 44.2 Å². The van der Waals surface area contributed by atoms with Crippen LogP contribution in [-0.2, 0) is 20.9 Å². The van der Waals surface area contributed by atoms with Crippen LogP contribution in [0.4, 0.5) is 5.95 Å². The molecule has 13 nitrogen and oxygen atoms in total. The molecule has 0 saturated heterocycles. The van der Waals surface area contributed by atoms with Gasteiger partial charge in [-0.2, -0.15) is 4.98 Å². The first-order valence-electron chi connectivity index (χ1n) is 10.2. The minimum absolute atomic E-state index is 0.0277. The topological polar surface area (TPSA) is 213 Å². The molecule has 1 unspecified atom stereocenters. The molecule has 2 heterocycles. The van der Waals surface area contributed by atoms with Gasteiger partial charge in [-0.1, -0.05) is 0 Å². The third kappa shape index (κ3) is 5.97. The van der Waals surface area contributed by atoms with Gasteiger partial charge in [0.15, 0.2) is 11.2 Å². The van der Waals surface area contributed by atoms with Crippen LogP contribution in [0.5, 0.6) is 0 Å². The summed E-state index contributed by atoms with van der Waals surface area (Å²) in [5.41, 5.74) is 5.87. The number of carboxylic acid groups (broad SMARTS) is 2. The van der Waals surface area contributed by atoms with Gasteiger partial charge in [0.05, 0.1) is 11.9 Å². The Bertz CT molecular complexity index is 1060. The number of rotatable bonds is 9. The van der Waals surface area contributed by atoms with Crippen molar-refractivity contribution in [1.29, 1.82) is 0 Å². The second-order valence-corrected chi connectivity index (χ2v) is 7.75. The third-order valence-electron chi connectivity index (χ3n) is 5.42. The molecule has 0 radical (unpaired) electrons. The van der Waals surface area contributed by atoms with E-state index in [1.54, 1.807) is 0 Å². The first kappa shape index (κ1) is 23.1. The number of nitrogens with zero attached hydrogens (tertiary/aromatic N) is 3. The lowest BCUT2D eigenvalue weighted by Crippen LogP contribution is -2.45. The highest BCUT2D eigenvalue weighted by atomic mass is 16.4. The van der Waals surface area contributed by atoms with Gasteiger partial charge >= 0.3 is 11.9 Å². The Labute approximate surface area is 181 Å². The Balaban J connectivity index is 1.49. The molecular weight excluding hydrogens is 422 g/mol. The maximum absolute atomic E-state index is 12.4. The highest BCUT2D eigenvalue weighted by Gasteiger charge is 2.29. The van der Waals surface area contributed by atoms with Crippen LogP contribution in [0, 0.1) is 5.92 Å². The zero-order valence-corrected chi connectivity index (χ0v) is 17.2. The number of aromatic amines is 1. The average molecular weight is 447 g/mol. The van der Waals surface area contributed by atoms with E-state index in [1.165, 1.54) is 6.20 Å². The standard InChI is InChI=1S/C19H25N7O6/c20-19-25-15-14(17(30)26-19)23-11(8-22-15)7-21-10-3-1-9(2-4-10)16(29)24-12(18(31)32)5-6-13(27)28/h8-10,12,21H,1-7H2,(H,24,29)(H,27,28)(H,31,32)(H3,20,22,25,26,30). The Morgan fingerprint density at radius 2 is 1.91 bits per heavy atom. The number of amides is 1. The number of aliphatic carboxylic acids is 2. The van der Waals surface area contributed by atoms with Crippen molar-refractivity contribution in [2.24, 2.45) is 5.92 Å². The number of carboxylic acids is 2. The fraction of sp³-hybridized carbons (Fsp3) is 0.526. The highest BCUT2D eigenvalue weighted by molar-refractivity contribution is 5.85. The fourth-order valence-electron chi connectivity index (χ4n) is 3.68. The number of anilines is 1. The molecule has 1 saturated carbocycles. The third-order valence-corrected chi connectivity index (χ3v) is 5.42. The van der Waals surface area contributed by atoms with Gasteiger partial charge in [0, 0.05) is 24.9 Å². The van der Waals surface area contributed by atoms with Gasteiger partial charge in [-0.3, -0.25) is 19.4 Å². The van der Waals surface area contributed by atoms with Gasteiger partial charge in [0.25, 0.3) is 5.56 Å². The Morgan fingerprint density at radius 1 is 1.19 bits per heavy atom. The Kier molecular flexibility index (Phi) is 7.30. The summed E-state index contributed by atoms with van der Waals surface area (Å²) in [5.74, 6) is -3.08. The van der Waals surface area contributed by atoms with Crippen molar-refractivity contribution in [3.8, 4) is 0 Å². The Morgan fingerprint density at radius 3 is 2.56 bits per heavy atom. The first-order chi connectivity index (χ1) is 15.2. The molecule has 7 N–H and O–H groups in total. The zero-order chi connectivity index (χ0) is 23.3. The van der Waals surface area contributed by atoms with Crippen LogP contribution >= 0.6 is 0 Å². The molecule has 0 aliphatic heterocycles. The second kappa shape index (κ2) is 10.1. The van der Waals surface area contributed by atoms with E-state index in [9.17, 15) is 24.3 Å². The number of fused-ring (bicyclic) bond motifs is 1. The number of nitrogens with two attached hydrogens (primary N) is 1. The van der Waals surface area contributed by atoms with Crippen LogP contribution in [0.3, 0.4) is 0 Å². The smallest absolute Gasteiger partial charge is 0.326 e. The molecule has 1 aliphatic carbocycles. The van der Waals surface area contributed by atoms with Gasteiger partial charge in [-0.05, 0) is 32.1 Å². The number of nitrogen functional groups attached to an aromatic ring is 1. The highest BCUT2D eigenvalue weighted by Crippen LogP contribution is 2.25. The summed E-state index contributed by atoms with van der Waals surface area (Å²) < 4.78 is 0. The number of carbonyl (C=O) groups is 3. The average Bonchev–Trinajstić information content (AvgIpc) is 2.75. The summed E-state index contributed by atoms with van der Waals surface area (Å²) in [7, 11) is 0. The van der Waals surface area contributed by atoms with Crippen molar-refractivity contribution in [3.63, 3.8) is 0 Å². The monoisotopic (exact) mass is 447 g/mol. The molecule has 13 heteroatoms. The van der Waals surface area contributed by atoms with Gasteiger partial charge in [-0.25, -0.2) is 14.8 Å². The van der Waals surface area contributed by atoms with E-state index in [2.05, 4.69) is 30.6 Å². The summed E-state index contributed by atoms with van der Waals surface area (Å²) in [6, 6.07) is -1.09. The molecule has 1 amide bonds. The van der Waals surface area contributed by atoms with Crippen LogP contribution in [0.15, 0.2) is 11.0 Å². The van der Waals surface area contributed by atoms with E-state index in [1.807, 2.05) is 0 Å². The normalized spacial score (nSPS) is 19.4. The van der Waals surface area contributed by atoms with Crippen LogP contribution in [0.25, 0.3) is 11.2 Å². The fourth-order valence-corrected chi connectivity index (χ4v) is 3.68. The lowest BCUT2D eigenvalue weighted by Gasteiger charge is -2.29. The molecular formula is C19H25N7O6. The zero-order valence-electron chi connectivity index (χ0n) is 17.2. The van der Waals surface area contributed by atoms with E-state index in [-0.39, 0.29) is 47.8 Å². The number of carbonyl (C=O) groups excluding carboxylic acids is 1. The number of nitrogens with one attached hydrogen (secondary N) is 3. The molecule has 172 valence electrons. The van der Waals surface area contributed by atoms with E-state index in [0.29, 0.717) is 37.9 Å². The van der Waals surface area contributed by atoms with E-state index in [4.69, 9.17) is 10.8 Å². The summed E-state index contributed by atoms with van der Waals surface area (Å²) >= 11 is 0. The minimum atomic E-state index is -1.25. The summed E-state index contributed by atoms with van der Waals surface area (Å²) in [6.45, 7) is 0.380. The molecule has 0 spiro atoms. The van der Waals surface area contributed by atoms with E-state index in [0.717, 1.165) is 0 Å². The molecule has 1 atom stereocenters. The lowest BCUT2D eigenvalue weighted by molar-refractivity contribution is -0.143. The molecule has 3 rings (SSSR count). The van der Waals surface area contributed by atoms with Gasteiger partial charge in [0.1, 0.15) is 6.04 Å². The maximum atomic E-state index is 12.4. The summed E-state index contributed by atoms with van der Waals surface area (Å²) in [4.78, 5) is 61.0. The number of hydrogen-bond acceptors (Lipinski definition) is 9. The number of hydrogen-bond donors (Lipinski definition) is 6. The molecule has 1 fully saturated rings. The van der Waals surface area contributed by atoms with Crippen molar-refractivity contribution in [2.75, 3.05) is 5.73 Å². The summed E-state index contributed by atoms with van der Waals surface area (Å²) in [5, 5.41) is 23.7. The van der Waals surface area contributed by atoms with Gasteiger partial charge in [0.2, 0.25) is 11.9 Å². The number of aromatic nitrogens is 4. The predicted molar refractivity (Wildman–Crippen MR) is 111 cm³/mol. The van der Waals surface area contributed by atoms with Gasteiger partial charge in [-0.15, -0.1) is 0 Å². The Hall–Kier alpha value is -3.61. The first-order valence-corrected chi connectivity index (χ1v) is 10.2. The molecule has 0 aromatic carbocycles. The van der Waals surface area contributed by atoms with E-state index < -0.39 is 23.5 Å². The van der Waals surface area contributed by atoms with Crippen molar-refractivity contribution in [2.45, 2.75) is 57.2 Å². The van der Waals surface area contributed by atoms with Gasteiger partial charge < -0.3 is 26.6 Å². The van der Waals surface area contributed by atoms with Crippen LogP contribution in [-0.4, -0.2) is 60.1 Å². The van der Waals surface area contributed by atoms with Crippen molar-refractivity contribution in [1.82, 2.24) is 30.6 Å². The quantitative estimate of drug-likeness (QED) is 0.285. The van der Waals surface area contributed by atoms with Crippen LogP contribution in [0.2, 0.25) is 0 Å². The largest absolute Gasteiger partial charge is 0.481 e. The second-order valence-electron chi connectivity index (χ2n) is 7.75. The minimum Gasteiger partial charge on any atom is -0.481 e. The molecule has 32 heavy (non-hydrogen) atoms. The molecule has 2 aromatic rings. The van der Waals surface area contributed by atoms with Crippen molar-refractivity contribution in [3.05, 3.63) is 22.2 Å². The predicted octanol–water partition coefficient (Wildman–Crippen LogP) is -0.622. The molecule has 2 aromatic heterocycles. The lowest BCUT2D eigenvalue weighted by atomic mass is 9.85. The van der Waals surface area contributed by atoms with Crippen LogP contribution < -0.4 is 21.9 Å². The number of H-pyrrole nitrogens is 1. The molecule has 0 bridgehead atoms. The molecule has 1 aliphatic rings. The maximum Gasteiger partial charge on any atom is 0.326 e. The van der Waals surface area contributed by atoms with Crippen molar-refractivity contribution < 1.29 is 24.6 Å². The van der Waals surface area contributed by atoms with E-state index >= 15 is 0 Å². The SMILES string of the molecule is Nc1nc2ncc(CNC3CCC(C(=O)NC(CCC(=O)O)C(=O)O)CC3)nc2c(=O)[nH]1.